The normalized spacial score (nSPS) is 10.1. The van der Waals surface area contributed by atoms with Crippen molar-refractivity contribution in [3.63, 3.8) is 0 Å². The van der Waals surface area contributed by atoms with Crippen LogP contribution in [-0.4, -0.2) is 6.03 Å². The van der Waals surface area contributed by atoms with Crippen molar-refractivity contribution in [1.29, 1.82) is 0 Å². The molecule has 0 heterocycles. The highest BCUT2D eigenvalue weighted by molar-refractivity contribution is 5.89. The predicted octanol–water partition coefficient (Wildman–Crippen LogP) is 2.78. The lowest BCUT2D eigenvalue weighted by Gasteiger charge is -2.08. The van der Waals surface area contributed by atoms with Gasteiger partial charge in [0.15, 0.2) is 0 Å². The number of nitrogens with one attached hydrogen (secondary N) is 2. The van der Waals surface area contributed by atoms with Gasteiger partial charge in [0.25, 0.3) is 0 Å². The second kappa shape index (κ2) is 6.73. The molecule has 4 nitrogen and oxygen atoms in total. The Balaban J connectivity index is 1.85. The lowest BCUT2D eigenvalue weighted by molar-refractivity contribution is 0.251. The minimum absolute atomic E-state index is 0.210. The Kier molecular flexibility index (Phi) is 4.74. The molecule has 0 saturated carbocycles. The summed E-state index contributed by atoms with van der Waals surface area (Å²) in [6.07, 6.45) is 0. The summed E-state index contributed by atoms with van der Waals surface area (Å²) in [7, 11) is 0. The fourth-order valence-electron chi connectivity index (χ4n) is 1.87. The SMILES string of the molecule is Cc1cccc(NC(=O)NCc2ccc(CN)cc2)c1. The first kappa shape index (κ1) is 14.1. The van der Waals surface area contributed by atoms with Crippen LogP contribution >= 0.6 is 0 Å². The molecule has 0 aromatic heterocycles. The highest BCUT2D eigenvalue weighted by Crippen LogP contribution is 2.09. The molecule has 20 heavy (non-hydrogen) atoms. The van der Waals surface area contributed by atoms with Crippen molar-refractivity contribution in [3.05, 3.63) is 65.2 Å². The zero-order valence-corrected chi connectivity index (χ0v) is 11.5. The van der Waals surface area contributed by atoms with E-state index in [4.69, 9.17) is 5.73 Å². The van der Waals surface area contributed by atoms with E-state index in [9.17, 15) is 4.79 Å². The molecule has 0 bridgehead atoms. The number of carbonyl (C=O) groups is 1. The number of hydrogen-bond acceptors (Lipinski definition) is 2. The molecule has 2 amide bonds. The summed E-state index contributed by atoms with van der Waals surface area (Å²) >= 11 is 0. The summed E-state index contributed by atoms with van der Waals surface area (Å²) in [4.78, 5) is 11.8. The van der Waals surface area contributed by atoms with Crippen LogP contribution in [0.15, 0.2) is 48.5 Å². The first-order valence-corrected chi connectivity index (χ1v) is 6.57. The summed E-state index contributed by atoms with van der Waals surface area (Å²) in [5, 5.41) is 5.63. The van der Waals surface area contributed by atoms with Crippen molar-refractivity contribution in [2.24, 2.45) is 5.73 Å². The van der Waals surface area contributed by atoms with Gasteiger partial charge in [0.2, 0.25) is 0 Å². The Labute approximate surface area is 119 Å². The molecule has 0 unspecified atom stereocenters. The number of nitrogens with two attached hydrogens (primary N) is 1. The van der Waals surface area contributed by atoms with Crippen molar-refractivity contribution in [2.75, 3.05) is 5.32 Å². The monoisotopic (exact) mass is 269 g/mol. The number of anilines is 1. The van der Waals surface area contributed by atoms with Crippen LogP contribution in [0.5, 0.6) is 0 Å². The average molecular weight is 269 g/mol. The highest BCUT2D eigenvalue weighted by Gasteiger charge is 2.01. The number of hydrogen-bond donors (Lipinski definition) is 3. The Morgan fingerprint density at radius 2 is 1.80 bits per heavy atom. The van der Waals surface area contributed by atoms with E-state index < -0.39 is 0 Å². The maximum Gasteiger partial charge on any atom is 0.319 e. The van der Waals surface area contributed by atoms with Crippen LogP contribution in [0.3, 0.4) is 0 Å². The minimum Gasteiger partial charge on any atom is -0.334 e. The van der Waals surface area contributed by atoms with Crippen molar-refractivity contribution in [3.8, 4) is 0 Å². The summed E-state index contributed by atoms with van der Waals surface area (Å²) in [5.74, 6) is 0. The molecule has 0 radical (unpaired) electrons. The van der Waals surface area contributed by atoms with E-state index >= 15 is 0 Å². The van der Waals surface area contributed by atoms with Gasteiger partial charge in [-0.1, -0.05) is 36.4 Å². The summed E-state index contributed by atoms with van der Waals surface area (Å²) in [6, 6.07) is 15.4. The van der Waals surface area contributed by atoms with Crippen LogP contribution in [0.1, 0.15) is 16.7 Å². The topological polar surface area (TPSA) is 67.2 Å². The standard InChI is InChI=1S/C16H19N3O/c1-12-3-2-4-15(9-12)19-16(20)18-11-14-7-5-13(10-17)6-8-14/h2-9H,10-11,17H2,1H3,(H2,18,19,20). The van der Waals surface area contributed by atoms with Gasteiger partial charge in [-0.15, -0.1) is 0 Å². The highest BCUT2D eigenvalue weighted by atomic mass is 16.2. The van der Waals surface area contributed by atoms with E-state index in [1.165, 1.54) is 0 Å². The van der Waals surface area contributed by atoms with Gasteiger partial charge in [-0.25, -0.2) is 4.79 Å². The second-order valence-electron chi connectivity index (χ2n) is 4.70. The van der Waals surface area contributed by atoms with E-state index in [1.54, 1.807) is 0 Å². The summed E-state index contributed by atoms with van der Waals surface area (Å²) < 4.78 is 0. The van der Waals surface area contributed by atoms with E-state index in [0.29, 0.717) is 13.1 Å². The molecule has 2 aromatic rings. The molecule has 104 valence electrons. The van der Waals surface area contributed by atoms with E-state index in [2.05, 4.69) is 10.6 Å². The van der Waals surface area contributed by atoms with Crippen molar-refractivity contribution in [1.82, 2.24) is 5.32 Å². The van der Waals surface area contributed by atoms with Crippen LogP contribution in [0.4, 0.5) is 10.5 Å². The number of urea groups is 1. The van der Waals surface area contributed by atoms with Crippen molar-refractivity contribution >= 4 is 11.7 Å². The first-order chi connectivity index (χ1) is 9.67. The third-order valence-electron chi connectivity index (χ3n) is 2.99. The molecule has 0 fully saturated rings. The second-order valence-corrected chi connectivity index (χ2v) is 4.70. The van der Waals surface area contributed by atoms with Crippen molar-refractivity contribution < 1.29 is 4.79 Å². The maximum absolute atomic E-state index is 11.8. The maximum atomic E-state index is 11.8. The lowest BCUT2D eigenvalue weighted by Crippen LogP contribution is -2.28. The molecule has 0 aliphatic heterocycles. The molecular weight excluding hydrogens is 250 g/mol. The van der Waals surface area contributed by atoms with Gasteiger partial charge in [-0.05, 0) is 35.7 Å². The fraction of sp³-hybridized carbons (Fsp3) is 0.188. The van der Waals surface area contributed by atoms with Crippen LogP contribution in [-0.2, 0) is 13.1 Å². The van der Waals surface area contributed by atoms with Crippen LogP contribution in [0.25, 0.3) is 0 Å². The zero-order valence-electron chi connectivity index (χ0n) is 11.5. The Bertz CT molecular complexity index is 579. The van der Waals surface area contributed by atoms with Crippen molar-refractivity contribution in [2.45, 2.75) is 20.0 Å². The third-order valence-corrected chi connectivity index (χ3v) is 2.99. The molecule has 0 aliphatic rings. The van der Waals surface area contributed by atoms with Crippen LogP contribution in [0, 0.1) is 6.92 Å². The number of aryl methyl sites for hydroxylation is 1. The van der Waals surface area contributed by atoms with E-state index in [1.807, 2.05) is 55.5 Å². The van der Waals surface area contributed by atoms with Crippen LogP contribution in [0.2, 0.25) is 0 Å². The van der Waals surface area contributed by atoms with Gasteiger partial charge in [0, 0.05) is 18.8 Å². The van der Waals surface area contributed by atoms with Crippen LogP contribution < -0.4 is 16.4 Å². The summed E-state index contributed by atoms with van der Waals surface area (Å²) in [5.41, 5.74) is 9.57. The number of amides is 2. The quantitative estimate of drug-likeness (QED) is 0.799. The first-order valence-electron chi connectivity index (χ1n) is 6.57. The molecule has 2 aromatic carbocycles. The minimum atomic E-state index is -0.210. The summed E-state index contributed by atoms with van der Waals surface area (Å²) in [6.45, 7) is 3.01. The average Bonchev–Trinajstić information content (AvgIpc) is 2.46. The smallest absolute Gasteiger partial charge is 0.319 e. The number of benzene rings is 2. The van der Waals surface area contributed by atoms with E-state index in [-0.39, 0.29) is 6.03 Å². The molecule has 2 rings (SSSR count). The Morgan fingerprint density at radius 3 is 2.45 bits per heavy atom. The molecule has 4 N–H and O–H groups in total. The van der Waals surface area contributed by atoms with E-state index in [0.717, 1.165) is 22.4 Å². The van der Waals surface area contributed by atoms with Gasteiger partial charge < -0.3 is 16.4 Å². The molecule has 0 saturated heterocycles. The molecule has 0 spiro atoms. The van der Waals surface area contributed by atoms with Gasteiger partial charge >= 0.3 is 6.03 Å². The van der Waals surface area contributed by atoms with Gasteiger partial charge in [0.05, 0.1) is 0 Å². The molecular formula is C16H19N3O. The van der Waals surface area contributed by atoms with Gasteiger partial charge in [-0.2, -0.15) is 0 Å². The predicted molar refractivity (Wildman–Crippen MR) is 81.4 cm³/mol. The fourth-order valence-corrected chi connectivity index (χ4v) is 1.87. The third kappa shape index (κ3) is 4.10. The molecule has 0 aliphatic carbocycles. The molecule has 4 heteroatoms. The Morgan fingerprint density at radius 1 is 1.10 bits per heavy atom. The number of carbonyl (C=O) groups excluding carboxylic acids is 1. The number of rotatable bonds is 4. The largest absolute Gasteiger partial charge is 0.334 e. The Hall–Kier alpha value is -2.33. The van der Waals surface area contributed by atoms with Gasteiger partial charge in [-0.3, -0.25) is 0 Å². The zero-order chi connectivity index (χ0) is 14.4. The van der Waals surface area contributed by atoms with Gasteiger partial charge in [0.1, 0.15) is 0 Å². The lowest BCUT2D eigenvalue weighted by atomic mass is 10.1. The molecule has 0 atom stereocenters.